The maximum atomic E-state index is 12.7. The van der Waals surface area contributed by atoms with Gasteiger partial charge in [-0.1, -0.05) is 18.1 Å². The first-order valence-corrected chi connectivity index (χ1v) is 10.6. The van der Waals surface area contributed by atoms with E-state index in [1.54, 1.807) is 30.3 Å². The summed E-state index contributed by atoms with van der Waals surface area (Å²) in [7, 11) is 0. The summed E-state index contributed by atoms with van der Waals surface area (Å²) in [5.41, 5.74) is 1.79. The van der Waals surface area contributed by atoms with E-state index in [9.17, 15) is 14.4 Å². The van der Waals surface area contributed by atoms with Crippen LogP contribution in [0, 0.1) is 5.92 Å². The number of piperidine rings is 1. The minimum Gasteiger partial charge on any atom is -0.427 e. The molecule has 1 aromatic rings. The van der Waals surface area contributed by atoms with Gasteiger partial charge in [-0.15, -0.1) is 0 Å². The lowest BCUT2D eigenvalue weighted by Gasteiger charge is -2.32. The van der Waals surface area contributed by atoms with E-state index >= 15 is 0 Å². The molecule has 2 aliphatic rings. The molecule has 156 valence electrons. The molecule has 1 aliphatic carbocycles. The van der Waals surface area contributed by atoms with E-state index in [4.69, 9.17) is 4.74 Å². The molecule has 1 aliphatic heterocycles. The molecule has 1 aromatic carbocycles. The second kappa shape index (κ2) is 10.2. The van der Waals surface area contributed by atoms with Gasteiger partial charge in [-0.25, -0.2) is 0 Å². The van der Waals surface area contributed by atoms with Crippen LogP contribution >= 0.6 is 0 Å². The second-order valence-electron chi connectivity index (χ2n) is 7.97. The van der Waals surface area contributed by atoms with Crippen molar-refractivity contribution in [2.45, 2.75) is 51.9 Å². The molecule has 6 heteroatoms. The number of hydrogen-bond donors (Lipinski definition) is 1. The molecule has 1 heterocycles. The first-order valence-electron chi connectivity index (χ1n) is 10.6. The van der Waals surface area contributed by atoms with Crippen molar-refractivity contribution in [3.05, 3.63) is 41.5 Å². The quantitative estimate of drug-likeness (QED) is 0.468. The van der Waals surface area contributed by atoms with E-state index in [0.717, 1.165) is 25.7 Å². The van der Waals surface area contributed by atoms with Crippen LogP contribution in [0.3, 0.4) is 0 Å². The Morgan fingerprint density at radius 3 is 2.55 bits per heavy atom. The largest absolute Gasteiger partial charge is 0.427 e. The van der Waals surface area contributed by atoms with Crippen molar-refractivity contribution >= 4 is 17.8 Å². The molecule has 0 spiro atoms. The lowest BCUT2D eigenvalue weighted by atomic mass is 9.94. The van der Waals surface area contributed by atoms with Crippen LogP contribution in [0.2, 0.25) is 0 Å². The fourth-order valence-corrected chi connectivity index (χ4v) is 4.01. The summed E-state index contributed by atoms with van der Waals surface area (Å²) < 4.78 is 5.06. The minimum atomic E-state index is -0.406. The number of amides is 2. The highest BCUT2D eigenvalue weighted by molar-refractivity contribution is 5.94. The third-order valence-electron chi connectivity index (χ3n) is 5.64. The predicted octanol–water partition coefficient (Wildman–Crippen LogP) is 3.47. The Labute approximate surface area is 172 Å². The van der Waals surface area contributed by atoms with Gasteiger partial charge in [0.15, 0.2) is 0 Å². The molecule has 1 saturated carbocycles. The van der Waals surface area contributed by atoms with Crippen LogP contribution in [-0.4, -0.2) is 42.3 Å². The molecule has 2 fully saturated rings. The molecule has 3 rings (SSSR count). The van der Waals surface area contributed by atoms with Gasteiger partial charge < -0.3 is 15.0 Å². The van der Waals surface area contributed by atoms with Gasteiger partial charge in [-0.2, -0.15) is 0 Å². The van der Waals surface area contributed by atoms with E-state index in [1.807, 2.05) is 4.90 Å². The topological polar surface area (TPSA) is 75.7 Å². The third kappa shape index (κ3) is 6.44. The van der Waals surface area contributed by atoms with Gasteiger partial charge in [0.2, 0.25) is 5.91 Å². The normalized spacial score (nSPS) is 17.6. The summed E-state index contributed by atoms with van der Waals surface area (Å²) in [6, 6.07) is 6.72. The maximum absolute atomic E-state index is 12.7. The molecule has 0 bridgehead atoms. The van der Waals surface area contributed by atoms with Crippen LogP contribution in [0.1, 0.15) is 62.2 Å². The third-order valence-corrected chi connectivity index (χ3v) is 5.64. The van der Waals surface area contributed by atoms with E-state index < -0.39 is 5.97 Å². The number of allylic oxidation sites excluding steroid dienone is 1. The van der Waals surface area contributed by atoms with Gasteiger partial charge in [0.05, 0.1) is 0 Å². The first-order chi connectivity index (χ1) is 14.0. The standard InChI is InChI=1S/C23H30N2O4/c1-17(26)29-21-9-5-8-20(15-21)23(28)25-12-10-19(11-13-25)16-24-22(27)14-18-6-3-2-4-7-18/h5,8-9,14-15,19H,2-4,6-7,10-13,16H2,1H3,(H,24,27). The predicted molar refractivity (Wildman–Crippen MR) is 111 cm³/mol. The van der Waals surface area contributed by atoms with Crippen LogP contribution in [-0.2, 0) is 9.59 Å². The van der Waals surface area contributed by atoms with E-state index in [-0.39, 0.29) is 11.8 Å². The van der Waals surface area contributed by atoms with Crippen LogP contribution in [0.15, 0.2) is 35.9 Å². The summed E-state index contributed by atoms with van der Waals surface area (Å²) in [6.07, 6.45) is 9.26. The smallest absolute Gasteiger partial charge is 0.308 e. The number of nitrogens with zero attached hydrogens (tertiary/aromatic N) is 1. The highest BCUT2D eigenvalue weighted by atomic mass is 16.5. The molecular formula is C23H30N2O4. The summed E-state index contributed by atoms with van der Waals surface area (Å²) in [5.74, 6) is 0.330. The molecule has 6 nitrogen and oxygen atoms in total. The number of hydrogen-bond acceptors (Lipinski definition) is 4. The number of rotatable bonds is 5. The average molecular weight is 399 g/mol. The Morgan fingerprint density at radius 1 is 1.14 bits per heavy atom. The fourth-order valence-electron chi connectivity index (χ4n) is 4.01. The monoisotopic (exact) mass is 398 g/mol. The lowest BCUT2D eigenvalue weighted by Crippen LogP contribution is -2.41. The van der Waals surface area contributed by atoms with E-state index in [0.29, 0.717) is 36.9 Å². The number of carbonyl (C=O) groups is 3. The summed E-state index contributed by atoms with van der Waals surface area (Å²) in [5, 5.41) is 3.03. The molecular weight excluding hydrogens is 368 g/mol. The summed E-state index contributed by atoms with van der Waals surface area (Å²) in [6.45, 7) is 3.33. The Morgan fingerprint density at radius 2 is 1.86 bits per heavy atom. The molecule has 1 saturated heterocycles. The van der Waals surface area contributed by atoms with Gasteiger partial charge in [0.25, 0.3) is 5.91 Å². The van der Waals surface area contributed by atoms with Crippen LogP contribution in [0.5, 0.6) is 5.75 Å². The summed E-state index contributed by atoms with van der Waals surface area (Å²) >= 11 is 0. The van der Waals surface area contributed by atoms with Gasteiger partial charge in [0, 0.05) is 38.2 Å². The Bertz CT molecular complexity index is 771. The van der Waals surface area contributed by atoms with Crippen LogP contribution in [0.4, 0.5) is 0 Å². The minimum absolute atomic E-state index is 0.0164. The highest BCUT2D eigenvalue weighted by Gasteiger charge is 2.24. The number of carbonyl (C=O) groups excluding carboxylic acids is 3. The Kier molecular flexibility index (Phi) is 7.44. The maximum Gasteiger partial charge on any atom is 0.308 e. The lowest BCUT2D eigenvalue weighted by molar-refractivity contribution is -0.131. The van der Waals surface area contributed by atoms with Crippen molar-refractivity contribution in [3.8, 4) is 5.75 Å². The number of benzene rings is 1. The molecule has 2 amide bonds. The first kappa shape index (κ1) is 21.1. The van der Waals surface area contributed by atoms with E-state index in [1.165, 1.54) is 31.8 Å². The molecule has 1 N–H and O–H groups in total. The van der Waals surface area contributed by atoms with Crippen molar-refractivity contribution in [2.75, 3.05) is 19.6 Å². The SMILES string of the molecule is CC(=O)Oc1cccc(C(=O)N2CCC(CNC(=O)C=C3CCCCC3)CC2)c1. The van der Waals surface area contributed by atoms with Gasteiger partial charge in [0.1, 0.15) is 5.75 Å². The molecule has 0 unspecified atom stereocenters. The van der Waals surface area contributed by atoms with Crippen molar-refractivity contribution in [1.82, 2.24) is 10.2 Å². The van der Waals surface area contributed by atoms with Crippen molar-refractivity contribution in [2.24, 2.45) is 5.92 Å². The van der Waals surface area contributed by atoms with E-state index in [2.05, 4.69) is 5.32 Å². The van der Waals surface area contributed by atoms with Crippen LogP contribution < -0.4 is 10.1 Å². The summed E-state index contributed by atoms with van der Waals surface area (Å²) in [4.78, 5) is 37.8. The Hall–Kier alpha value is -2.63. The zero-order valence-corrected chi connectivity index (χ0v) is 17.1. The second-order valence-corrected chi connectivity index (χ2v) is 7.97. The molecule has 0 atom stereocenters. The molecule has 0 aromatic heterocycles. The number of nitrogens with one attached hydrogen (secondary N) is 1. The van der Waals surface area contributed by atoms with Gasteiger partial charge in [-0.3, -0.25) is 14.4 Å². The molecule has 0 radical (unpaired) electrons. The fraction of sp³-hybridized carbons (Fsp3) is 0.522. The number of esters is 1. The Balaban J connectivity index is 1.44. The van der Waals surface area contributed by atoms with Gasteiger partial charge >= 0.3 is 5.97 Å². The average Bonchev–Trinajstić information content (AvgIpc) is 2.72. The number of ether oxygens (including phenoxy) is 1. The highest BCUT2D eigenvalue weighted by Crippen LogP contribution is 2.23. The van der Waals surface area contributed by atoms with Crippen molar-refractivity contribution < 1.29 is 19.1 Å². The van der Waals surface area contributed by atoms with Gasteiger partial charge in [-0.05, 0) is 62.6 Å². The molecule has 29 heavy (non-hydrogen) atoms. The zero-order valence-electron chi connectivity index (χ0n) is 17.1. The van der Waals surface area contributed by atoms with Crippen molar-refractivity contribution in [1.29, 1.82) is 0 Å². The number of likely N-dealkylation sites (tertiary alicyclic amines) is 1. The van der Waals surface area contributed by atoms with Crippen LogP contribution in [0.25, 0.3) is 0 Å². The zero-order chi connectivity index (χ0) is 20.6. The van der Waals surface area contributed by atoms with Crippen molar-refractivity contribution in [3.63, 3.8) is 0 Å².